The van der Waals surface area contributed by atoms with Crippen LogP contribution in [-0.4, -0.2) is 19.9 Å². The summed E-state index contributed by atoms with van der Waals surface area (Å²) in [5.41, 5.74) is 8.79. The van der Waals surface area contributed by atoms with E-state index < -0.39 is 0 Å². The van der Waals surface area contributed by atoms with E-state index in [2.05, 4.69) is 78.9 Å². The van der Waals surface area contributed by atoms with Crippen LogP contribution in [0.15, 0.2) is 162 Å². The molecule has 0 radical (unpaired) electrons. The highest BCUT2D eigenvalue weighted by atomic mass is 32.1. The fourth-order valence-electron chi connectivity index (χ4n) is 6.72. The lowest BCUT2D eigenvalue weighted by atomic mass is 9.98. The molecule has 0 amide bonds. The smallest absolute Gasteiger partial charge is 0.164 e. The summed E-state index contributed by atoms with van der Waals surface area (Å²) >= 11 is 1.73. The van der Waals surface area contributed by atoms with Crippen molar-refractivity contribution in [3.05, 3.63) is 158 Å². The molecule has 10 rings (SSSR count). The van der Waals surface area contributed by atoms with Crippen molar-refractivity contribution in [1.82, 2.24) is 19.9 Å². The van der Waals surface area contributed by atoms with Crippen LogP contribution in [-0.2, 0) is 0 Å². The zero-order valence-electron chi connectivity index (χ0n) is 26.6. The van der Waals surface area contributed by atoms with Crippen molar-refractivity contribution in [2.45, 2.75) is 0 Å². The molecule has 6 heteroatoms. The maximum absolute atomic E-state index is 6.39. The van der Waals surface area contributed by atoms with Crippen LogP contribution in [0.25, 0.3) is 98.8 Å². The summed E-state index contributed by atoms with van der Waals surface area (Å²) in [5, 5.41) is 5.48. The van der Waals surface area contributed by atoms with E-state index in [-0.39, 0.29) is 0 Å². The van der Waals surface area contributed by atoms with Crippen molar-refractivity contribution in [1.29, 1.82) is 0 Å². The second-order valence-corrected chi connectivity index (χ2v) is 13.3. The van der Waals surface area contributed by atoms with E-state index >= 15 is 0 Å². The Morgan fingerprint density at radius 3 is 1.80 bits per heavy atom. The Morgan fingerprint density at radius 2 is 1.06 bits per heavy atom. The average molecular weight is 659 g/mol. The van der Waals surface area contributed by atoms with Gasteiger partial charge in [-0.2, -0.15) is 0 Å². The molecule has 0 N–H and O–H groups in total. The Balaban J connectivity index is 1.08. The zero-order chi connectivity index (χ0) is 33.0. The molecule has 3 aromatic heterocycles. The Bertz CT molecular complexity index is 2800. The first-order valence-electron chi connectivity index (χ1n) is 16.5. The van der Waals surface area contributed by atoms with E-state index in [1.807, 2.05) is 78.9 Å². The van der Waals surface area contributed by atoms with Crippen LogP contribution in [0.5, 0.6) is 0 Å². The molecule has 234 valence electrons. The van der Waals surface area contributed by atoms with Gasteiger partial charge in [0, 0.05) is 38.4 Å². The predicted octanol–water partition coefficient (Wildman–Crippen LogP) is 11.9. The van der Waals surface area contributed by atoms with E-state index in [0.717, 1.165) is 65.8 Å². The molecule has 50 heavy (non-hydrogen) atoms. The van der Waals surface area contributed by atoms with Crippen LogP contribution in [0, 0.1) is 0 Å². The lowest BCUT2D eigenvalue weighted by Crippen LogP contribution is -2.00. The van der Waals surface area contributed by atoms with E-state index in [9.17, 15) is 0 Å². The van der Waals surface area contributed by atoms with Gasteiger partial charge >= 0.3 is 0 Å². The first-order chi connectivity index (χ1) is 24.7. The SMILES string of the molecule is c1ccc(-c2nc(-c3ccccc3)nc(-c3ccc4oc5cccc(-c6ccc(-c7nc8c(ccc9ccccc98)s7)cc6)c5c4c3)n2)cc1. The van der Waals surface area contributed by atoms with Crippen LogP contribution < -0.4 is 0 Å². The van der Waals surface area contributed by atoms with Crippen molar-refractivity contribution >= 4 is 54.3 Å². The molecule has 0 spiro atoms. The molecule has 0 saturated heterocycles. The van der Waals surface area contributed by atoms with Gasteiger partial charge in [-0.3, -0.25) is 0 Å². The molecule has 5 nitrogen and oxygen atoms in total. The molecule has 0 aliphatic rings. The highest BCUT2D eigenvalue weighted by Gasteiger charge is 2.17. The molecule has 0 unspecified atom stereocenters. The third-order valence-corrected chi connectivity index (χ3v) is 10.2. The Hall–Kier alpha value is -6.50. The lowest BCUT2D eigenvalue weighted by molar-refractivity contribution is 0.669. The summed E-state index contributed by atoms with van der Waals surface area (Å²) < 4.78 is 7.58. The fraction of sp³-hybridized carbons (Fsp3) is 0. The maximum atomic E-state index is 6.39. The maximum Gasteiger partial charge on any atom is 0.164 e. The molecule has 0 fully saturated rings. The van der Waals surface area contributed by atoms with Gasteiger partial charge in [-0.1, -0.05) is 127 Å². The molecule has 7 aromatic carbocycles. The Morgan fingerprint density at radius 1 is 0.420 bits per heavy atom. The van der Waals surface area contributed by atoms with Gasteiger partial charge in [0.15, 0.2) is 17.5 Å². The standard InChI is InChI=1S/C44H26N4OS/c1-3-11-29(12-4-1)41-46-42(30-13-5-2-6-14-30)48-43(47-41)32-22-24-36-35(26-32)39-33(16-9-17-37(39)49-36)28-18-20-31(21-19-28)44-45-40-34-15-8-7-10-27(34)23-25-38(40)50-44/h1-26H. The lowest BCUT2D eigenvalue weighted by Gasteiger charge is -2.09. The second-order valence-electron chi connectivity index (χ2n) is 12.3. The summed E-state index contributed by atoms with van der Waals surface area (Å²) in [4.78, 5) is 19.9. The molecule has 10 aromatic rings. The van der Waals surface area contributed by atoms with Gasteiger partial charge < -0.3 is 4.42 Å². The number of aromatic nitrogens is 4. The predicted molar refractivity (Wildman–Crippen MR) is 205 cm³/mol. The summed E-state index contributed by atoms with van der Waals surface area (Å²) in [5.74, 6) is 1.88. The number of hydrogen-bond acceptors (Lipinski definition) is 6. The number of benzene rings is 7. The highest BCUT2D eigenvalue weighted by molar-refractivity contribution is 7.21. The van der Waals surface area contributed by atoms with E-state index in [1.54, 1.807) is 11.3 Å². The minimum absolute atomic E-state index is 0.611. The number of rotatable bonds is 5. The zero-order valence-corrected chi connectivity index (χ0v) is 27.4. The van der Waals surface area contributed by atoms with Gasteiger partial charge in [0.1, 0.15) is 16.2 Å². The van der Waals surface area contributed by atoms with Crippen LogP contribution in [0.3, 0.4) is 0 Å². The normalized spacial score (nSPS) is 11.6. The minimum atomic E-state index is 0.611. The molecule has 0 atom stereocenters. The summed E-state index contributed by atoms with van der Waals surface area (Å²) in [6, 6.07) is 54.0. The van der Waals surface area contributed by atoms with Crippen LogP contribution in [0.2, 0.25) is 0 Å². The van der Waals surface area contributed by atoms with E-state index in [4.69, 9.17) is 24.4 Å². The monoisotopic (exact) mass is 658 g/mol. The molecule has 0 saturated carbocycles. The molecular formula is C44H26N4OS. The van der Waals surface area contributed by atoms with Gasteiger partial charge in [-0.05, 0) is 46.8 Å². The third-order valence-electron chi connectivity index (χ3n) is 9.18. The van der Waals surface area contributed by atoms with Gasteiger partial charge in [0.2, 0.25) is 0 Å². The summed E-state index contributed by atoms with van der Waals surface area (Å²) in [6.07, 6.45) is 0. The van der Waals surface area contributed by atoms with Crippen molar-refractivity contribution in [3.63, 3.8) is 0 Å². The van der Waals surface area contributed by atoms with Crippen molar-refractivity contribution < 1.29 is 4.42 Å². The molecular weight excluding hydrogens is 633 g/mol. The number of hydrogen-bond donors (Lipinski definition) is 0. The van der Waals surface area contributed by atoms with Crippen molar-refractivity contribution in [2.75, 3.05) is 0 Å². The number of fused-ring (bicyclic) bond motifs is 6. The summed E-state index contributed by atoms with van der Waals surface area (Å²) in [7, 11) is 0. The number of thiazole rings is 1. The van der Waals surface area contributed by atoms with Crippen LogP contribution in [0.1, 0.15) is 0 Å². The molecule has 0 aliphatic carbocycles. The van der Waals surface area contributed by atoms with Gasteiger partial charge in [-0.25, -0.2) is 19.9 Å². The molecule has 3 heterocycles. The van der Waals surface area contributed by atoms with Gasteiger partial charge in [0.05, 0.1) is 10.2 Å². The highest BCUT2D eigenvalue weighted by Crippen LogP contribution is 2.40. The van der Waals surface area contributed by atoms with Crippen molar-refractivity contribution in [3.8, 4) is 55.9 Å². The quantitative estimate of drug-likeness (QED) is 0.184. The van der Waals surface area contributed by atoms with E-state index in [1.165, 1.54) is 15.5 Å². The van der Waals surface area contributed by atoms with Gasteiger partial charge in [-0.15, -0.1) is 11.3 Å². The summed E-state index contributed by atoms with van der Waals surface area (Å²) in [6.45, 7) is 0. The Kier molecular flexibility index (Phi) is 6.60. The first kappa shape index (κ1) is 28.5. The first-order valence-corrected chi connectivity index (χ1v) is 17.3. The number of furan rings is 1. The topological polar surface area (TPSA) is 64.7 Å². The molecule has 0 bridgehead atoms. The average Bonchev–Trinajstić information content (AvgIpc) is 3.81. The second kappa shape index (κ2) is 11.6. The third kappa shape index (κ3) is 4.85. The number of nitrogens with zero attached hydrogens (tertiary/aromatic N) is 4. The van der Waals surface area contributed by atoms with E-state index in [0.29, 0.717) is 17.5 Å². The fourth-order valence-corrected chi connectivity index (χ4v) is 7.71. The van der Waals surface area contributed by atoms with Crippen LogP contribution in [0.4, 0.5) is 0 Å². The minimum Gasteiger partial charge on any atom is -0.456 e. The largest absolute Gasteiger partial charge is 0.456 e. The van der Waals surface area contributed by atoms with Gasteiger partial charge in [0.25, 0.3) is 0 Å². The molecule has 0 aliphatic heterocycles. The Labute approximate surface area is 291 Å². The van der Waals surface area contributed by atoms with Crippen LogP contribution >= 0.6 is 11.3 Å². The van der Waals surface area contributed by atoms with Crippen molar-refractivity contribution in [2.24, 2.45) is 0 Å².